The lowest BCUT2D eigenvalue weighted by Gasteiger charge is -2.34. The summed E-state index contributed by atoms with van der Waals surface area (Å²) in [5.74, 6) is 1.14. The summed E-state index contributed by atoms with van der Waals surface area (Å²) in [6, 6.07) is 8.59. The quantitative estimate of drug-likeness (QED) is 0.925. The van der Waals surface area contributed by atoms with Gasteiger partial charge in [-0.25, -0.2) is 0 Å². The molecule has 0 bridgehead atoms. The summed E-state index contributed by atoms with van der Waals surface area (Å²) in [5, 5.41) is 0. The number of nitrogens with zero attached hydrogens (tertiary/aromatic N) is 1. The number of piperidine rings is 1. The normalized spacial score (nSPS) is 19.3. The Balaban J connectivity index is 1.89. The standard InChI is InChI=1S/C18H28N2O/c1-13-6-4-5-7-17(13)14(2)12-18(21)20-10-8-16(9-11-20)15(3)19/h4-7,14-16H,8-12,19H2,1-3H3. The number of carbonyl (C=O) groups is 1. The van der Waals surface area contributed by atoms with Crippen LogP contribution in [-0.2, 0) is 4.79 Å². The molecule has 0 radical (unpaired) electrons. The Bertz CT molecular complexity index is 476. The maximum absolute atomic E-state index is 12.5. The number of amides is 1. The van der Waals surface area contributed by atoms with Crippen molar-refractivity contribution in [3.05, 3.63) is 35.4 Å². The van der Waals surface area contributed by atoms with Crippen LogP contribution in [0.15, 0.2) is 24.3 Å². The van der Waals surface area contributed by atoms with E-state index in [9.17, 15) is 4.79 Å². The third-order valence-corrected chi connectivity index (χ3v) is 4.84. The first-order valence-corrected chi connectivity index (χ1v) is 8.08. The molecule has 21 heavy (non-hydrogen) atoms. The van der Waals surface area contributed by atoms with Crippen molar-refractivity contribution in [2.45, 2.75) is 52.0 Å². The molecular formula is C18H28N2O. The van der Waals surface area contributed by atoms with Gasteiger partial charge in [-0.05, 0) is 49.7 Å². The number of aryl methyl sites for hydroxylation is 1. The van der Waals surface area contributed by atoms with Crippen molar-refractivity contribution >= 4 is 5.91 Å². The molecule has 1 fully saturated rings. The molecule has 116 valence electrons. The van der Waals surface area contributed by atoms with E-state index in [1.54, 1.807) is 0 Å². The lowest BCUT2D eigenvalue weighted by Crippen LogP contribution is -2.42. The average molecular weight is 288 g/mol. The van der Waals surface area contributed by atoms with Crippen molar-refractivity contribution in [1.82, 2.24) is 4.90 Å². The van der Waals surface area contributed by atoms with Crippen molar-refractivity contribution in [2.75, 3.05) is 13.1 Å². The van der Waals surface area contributed by atoms with Crippen molar-refractivity contribution in [2.24, 2.45) is 11.7 Å². The number of rotatable bonds is 4. The first kappa shape index (κ1) is 16.0. The van der Waals surface area contributed by atoms with Gasteiger partial charge >= 0.3 is 0 Å². The van der Waals surface area contributed by atoms with Gasteiger partial charge in [-0.1, -0.05) is 31.2 Å². The fourth-order valence-corrected chi connectivity index (χ4v) is 3.32. The van der Waals surface area contributed by atoms with E-state index in [-0.39, 0.29) is 17.9 Å². The van der Waals surface area contributed by atoms with E-state index in [1.165, 1.54) is 11.1 Å². The summed E-state index contributed by atoms with van der Waals surface area (Å²) in [4.78, 5) is 14.5. The molecule has 1 aliphatic rings. The Morgan fingerprint density at radius 3 is 2.48 bits per heavy atom. The number of carbonyl (C=O) groups excluding carboxylic acids is 1. The maximum atomic E-state index is 12.5. The molecule has 1 saturated heterocycles. The van der Waals surface area contributed by atoms with Gasteiger partial charge in [-0.2, -0.15) is 0 Å². The van der Waals surface area contributed by atoms with Crippen LogP contribution in [0.25, 0.3) is 0 Å². The van der Waals surface area contributed by atoms with Crippen LogP contribution in [0, 0.1) is 12.8 Å². The molecule has 1 heterocycles. The highest BCUT2D eigenvalue weighted by molar-refractivity contribution is 5.77. The summed E-state index contributed by atoms with van der Waals surface area (Å²) in [5.41, 5.74) is 8.52. The Labute approximate surface area is 128 Å². The van der Waals surface area contributed by atoms with E-state index in [2.05, 4.69) is 39.0 Å². The fraction of sp³-hybridized carbons (Fsp3) is 0.611. The molecule has 2 atom stereocenters. The first-order chi connectivity index (χ1) is 9.99. The summed E-state index contributed by atoms with van der Waals surface area (Å²) in [6.07, 6.45) is 2.69. The average Bonchev–Trinajstić information content (AvgIpc) is 2.47. The van der Waals surface area contributed by atoms with Crippen LogP contribution < -0.4 is 5.73 Å². The second-order valence-corrected chi connectivity index (χ2v) is 6.54. The van der Waals surface area contributed by atoms with Crippen LogP contribution in [0.3, 0.4) is 0 Å². The minimum Gasteiger partial charge on any atom is -0.343 e. The van der Waals surface area contributed by atoms with Crippen LogP contribution in [-0.4, -0.2) is 29.9 Å². The third kappa shape index (κ3) is 4.07. The summed E-state index contributed by atoms with van der Waals surface area (Å²) in [6.45, 7) is 8.07. The van der Waals surface area contributed by atoms with Gasteiger partial charge in [0.1, 0.15) is 0 Å². The molecule has 1 aliphatic heterocycles. The number of nitrogens with two attached hydrogens (primary N) is 1. The molecule has 1 aromatic rings. The van der Waals surface area contributed by atoms with E-state index < -0.39 is 0 Å². The Hall–Kier alpha value is -1.35. The van der Waals surface area contributed by atoms with E-state index in [0.717, 1.165) is 25.9 Å². The lowest BCUT2D eigenvalue weighted by atomic mass is 9.89. The molecule has 1 amide bonds. The highest BCUT2D eigenvalue weighted by Gasteiger charge is 2.25. The number of hydrogen-bond donors (Lipinski definition) is 1. The van der Waals surface area contributed by atoms with E-state index in [0.29, 0.717) is 12.3 Å². The van der Waals surface area contributed by atoms with Crippen LogP contribution >= 0.6 is 0 Å². The van der Waals surface area contributed by atoms with Gasteiger partial charge in [-0.15, -0.1) is 0 Å². The lowest BCUT2D eigenvalue weighted by molar-refractivity contribution is -0.133. The number of benzene rings is 1. The molecule has 3 heteroatoms. The maximum Gasteiger partial charge on any atom is 0.223 e. The SMILES string of the molecule is Cc1ccccc1C(C)CC(=O)N1CCC(C(C)N)CC1. The zero-order valence-electron chi connectivity index (χ0n) is 13.5. The second-order valence-electron chi connectivity index (χ2n) is 6.54. The van der Waals surface area contributed by atoms with Crippen molar-refractivity contribution < 1.29 is 4.79 Å². The second kappa shape index (κ2) is 7.08. The van der Waals surface area contributed by atoms with Gasteiger partial charge in [0.05, 0.1) is 0 Å². The zero-order valence-corrected chi connectivity index (χ0v) is 13.5. The Kier molecular flexibility index (Phi) is 5.40. The van der Waals surface area contributed by atoms with Gasteiger partial charge in [-0.3, -0.25) is 4.79 Å². The summed E-state index contributed by atoms with van der Waals surface area (Å²) >= 11 is 0. The van der Waals surface area contributed by atoms with Crippen LogP contribution in [0.1, 0.15) is 50.2 Å². The smallest absolute Gasteiger partial charge is 0.223 e. The highest BCUT2D eigenvalue weighted by atomic mass is 16.2. The van der Waals surface area contributed by atoms with Crippen molar-refractivity contribution in [3.63, 3.8) is 0 Å². The van der Waals surface area contributed by atoms with Crippen molar-refractivity contribution in [1.29, 1.82) is 0 Å². The van der Waals surface area contributed by atoms with Gasteiger partial charge < -0.3 is 10.6 Å². The van der Waals surface area contributed by atoms with E-state index >= 15 is 0 Å². The van der Waals surface area contributed by atoms with Crippen LogP contribution in [0.2, 0.25) is 0 Å². The van der Waals surface area contributed by atoms with Gasteiger partial charge in [0, 0.05) is 25.6 Å². The molecule has 2 N–H and O–H groups in total. The summed E-state index contributed by atoms with van der Waals surface area (Å²) in [7, 11) is 0. The van der Waals surface area contributed by atoms with Gasteiger partial charge in [0.25, 0.3) is 0 Å². The van der Waals surface area contributed by atoms with Gasteiger partial charge in [0.2, 0.25) is 5.91 Å². The molecule has 3 nitrogen and oxygen atoms in total. The molecule has 0 spiro atoms. The predicted molar refractivity (Wildman–Crippen MR) is 87.2 cm³/mol. The Morgan fingerprint density at radius 1 is 1.29 bits per heavy atom. The van der Waals surface area contributed by atoms with E-state index in [1.807, 2.05) is 11.0 Å². The zero-order chi connectivity index (χ0) is 15.4. The molecule has 2 rings (SSSR count). The first-order valence-electron chi connectivity index (χ1n) is 8.08. The topological polar surface area (TPSA) is 46.3 Å². The minimum absolute atomic E-state index is 0.244. The number of hydrogen-bond acceptors (Lipinski definition) is 2. The molecular weight excluding hydrogens is 260 g/mol. The Morgan fingerprint density at radius 2 is 1.90 bits per heavy atom. The fourth-order valence-electron chi connectivity index (χ4n) is 3.32. The molecule has 0 aromatic heterocycles. The molecule has 0 aliphatic carbocycles. The molecule has 0 saturated carbocycles. The van der Waals surface area contributed by atoms with Crippen molar-refractivity contribution in [3.8, 4) is 0 Å². The van der Waals surface area contributed by atoms with Gasteiger partial charge in [0.15, 0.2) is 0 Å². The predicted octanol–water partition coefficient (Wildman–Crippen LogP) is 3.07. The largest absolute Gasteiger partial charge is 0.343 e. The monoisotopic (exact) mass is 288 g/mol. The minimum atomic E-state index is 0.244. The van der Waals surface area contributed by atoms with Crippen LogP contribution in [0.5, 0.6) is 0 Å². The highest BCUT2D eigenvalue weighted by Crippen LogP contribution is 2.25. The van der Waals surface area contributed by atoms with Crippen LogP contribution in [0.4, 0.5) is 0 Å². The molecule has 1 aromatic carbocycles. The molecule has 2 unspecified atom stereocenters. The third-order valence-electron chi connectivity index (χ3n) is 4.84. The number of likely N-dealkylation sites (tertiary alicyclic amines) is 1. The van der Waals surface area contributed by atoms with E-state index in [4.69, 9.17) is 5.73 Å². The summed E-state index contributed by atoms with van der Waals surface area (Å²) < 4.78 is 0.